The van der Waals surface area contributed by atoms with E-state index in [0.717, 1.165) is 0 Å². The van der Waals surface area contributed by atoms with Gasteiger partial charge in [-0.15, -0.1) is 0 Å². The summed E-state index contributed by atoms with van der Waals surface area (Å²) >= 11 is 0. The highest BCUT2D eigenvalue weighted by Gasteiger charge is 2.04. The third-order valence-corrected chi connectivity index (χ3v) is 1.40. The lowest BCUT2D eigenvalue weighted by molar-refractivity contribution is 0.262. The maximum Gasteiger partial charge on any atom is 0.327 e. The quantitative estimate of drug-likeness (QED) is 0.616. The van der Waals surface area contributed by atoms with Gasteiger partial charge in [-0.25, -0.2) is 19.9 Å². The van der Waals surface area contributed by atoms with Crippen LogP contribution < -0.4 is 10.6 Å². The molecule has 0 saturated carbocycles. The molecule has 2 heterocycles. The first-order valence-electron chi connectivity index (χ1n) is 3.92. The van der Waals surface area contributed by atoms with Gasteiger partial charge < -0.3 is 0 Å². The van der Waals surface area contributed by atoms with Crippen molar-refractivity contribution in [2.75, 3.05) is 10.6 Å². The molecule has 0 fully saturated rings. The van der Waals surface area contributed by atoms with Crippen LogP contribution in [-0.4, -0.2) is 36.6 Å². The lowest BCUT2D eigenvalue weighted by Crippen LogP contribution is -2.20. The number of urea groups is 1. The third-order valence-electron chi connectivity index (χ3n) is 1.40. The SMILES string of the molecule is O=C(Nc1ccncn1)Nc1nnn[nH]1. The molecular formula is C6H6N8O. The Bertz CT molecular complexity index is 426. The molecule has 0 aliphatic rings. The number of rotatable bonds is 2. The van der Waals surface area contributed by atoms with Crippen molar-refractivity contribution in [3.63, 3.8) is 0 Å². The van der Waals surface area contributed by atoms with Crippen molar-refractivity contribution in [1.82, 2.24) is 30.6 Å². The molecular weight excluding hydrogens is 200 g/mol. The van der Waals surface area contributed by atoms with Gasteiger partial charge in [0.15, 0.2) is 0 Å². The summed E-state index contributed by atoms with van der Waals surface area (Å²) in [5.74, 6) is 0.538. The molecule has 2 amide bonds. The molecule has 0 spiro atoms. The average Bonchev–Trinajstić information content (AvgIpc) is 2.71. The molecule has 0 bridgehead atoms. The van der Waals surface area contributed by atoms with E-state index in [4.69, 9.17) is 0 Å². The van der Waals surface area contributed by atoms with Crippen molar-refractivity contribution >= 4 is 17.8 Å². The van der Waals surface area contributed by atoms with Crippen LogP contribution in [0.25, 0.3) is 0 Å². The molecule has 0 aliphatic carbocycles. The number of aromatic nitrogens is 6. The fraction of sp³-hybridized carbons (Fsp3) is 0. The molecule has 2 aromatic heterocycles. The number of tetrazole rings is 1. The number of aromatic amines is 1. The van der Waals surface area contributed by atoms with Crippen LogP contribution in [0.15, 0.2) is 18.6 Å². The summed E-state index contributed by atoms with van der Waals surface area (Å²) in [5.41, 5.74) is 0. The number of nitrogens with zero attached hydrogens (tertiary/aromatic N) is 5. The maximum absolute atomic E-state index is 11.3. The van der Waals surface area contributed by atoms with E-state index in [2.05, 4.69) is 41.2 Å². The molecule has 9 nitrogen and oxygen atoms in total. The van der Waals surface area contributed by atoms with Gasteiger partial charge in [-0.05, 0) is 16.5 Å². The fourth-order valence-electron chi connectivity index (χ4n) is 0.832. The number of anilines is 2. The zero-order valence-electron chi connectivity index (χ0n) is 7.38. The van der Waals surface area contributed by atoms with Crippen molar-refractivity contribution in [1.29, 1.82) is 0 Å². The Balaban J connectivity index is 1.94. The number of H-pyrrole nitrogens is 1. The van der Waals surface area contributed by atoms with E-state index < -0.39 is 6.03 Å². The highest BCUT2D eigenvalue weighted by atomic mass is 16.2. The van der Waals surface area contributed by atoms with Crippen molar-refractivity contribution in [3.05, 3.63) is 18.6 Å². The minimum Gasteiger partial charge on any atom is -0.292 e. The fourth-order valence-corrected chi connectivity index (χ4v) is 0.832. The van der Waals surface area contributed by atoms with Gasteiger partial charge in [0, 0.05) is 6.20 Å². The number of amides is 2. The van der Waals surface area contributed by atoms with E-state index in [1.807, 2.05) is 0 Å². The zero-order chi connectivity index (χ0) is 10.5. The first-order chi connectivity index (χ1) is 7.34. The van der Waals surface area contributed by atoms with Crippen molar-refractivity contribution in [2.24, 2.45) is 0 Å². The van der Waals surface area contributed by atoms with E-state index in [9.17, 15) is 4.79 Å². The highest BCUT2D eigenvalue weighted by molar-refractivity contribution is 5.97. The maximum atomic E-state index is 11.3. The Morgan fingerprint density at radius 3 is 3.00 bits per heavy atom. The first-order valence-corrected chi connectivity index (χ1v) is 3.92. The summed E-state index contributed by atoms with van der Waals surface area (Å²) in [4.78, 5) is 18.8. The Hall–Kier alpha value is -2.58. The number of hydrogen-bond donors (Lipinski definition) is 3. The van der Waals surface area contributed by atoms with Gasteiger partial charge in [0.25, 0.3) is 0 Å². The number of hydrogen-bond acceptors (Lipinski definition) is 6. The average molecular weight is 206 g/mol. The third kappa shape index (κ3) is 2.43. The van der Waals surface area contributed by atoms with Gasteiger partial charge >= 0.3 is 6.03 Å². The van der Waals surface area contributed by atoms with Crippen LogP contribution in [0.1, 0.15) is 0 Å². The minimum absolute atomic E-state index is 0.154. The summed E-state index contributed by atoms with van der Waals surface area (Å²) in [7, 11) is 0. The first kappa shape index (κ1) is 8.99. The molecule has 0 atom stereocenters. The van der Waals surface area contributed by atoms with Gasteiger partial charge in [0.1, 0.15) is 12.1 Å². The molecule has 9 heteroatoms. The Labute approximate surface area is 83.3 Å². The van der Waals surface area contributed by atoms with Crippen LogP contribution in [-0.2, 0) is 0 Å². The van der Waals surface area contributed by atoms with Gasteiger partial charge in [-0.1, -0.05) is 5.10 Å². The van der Waals surface area contributed by atoms with Crippen molar-refractivity contribution < 1.29 is 4.79 Å². The number of nitrogens with one attached hydrogen (secondary N) is 3. The Morgan fingerprint density at radius 1 is 1.40 bits per heavy atom. The van der Waals surface area contributed by atoms with Crippen molar-refractivity contribution in [3.8, 4) is 0 Å². The van der Waals surface area contributed by atoms with Crippen LogP contribution in [0.5, 0.6) is 0 Å². The second kappa shape index (κ2) is 4.09. The summed E-state index contributed by atoms with van der Waals surface area (Å²) in [6.45, 7) is 0. The monoisotopic (exact) mass is 206 g/mol. The van der Waals surface area contributed by atoms with Crippen molar-refractivity contribution in [2.45, 2.75) is 0 Å². The van der Waals surface area contributed by atoms with Gasteiger partial charge in [-0.2, -0.15) is 0 Å². The van der Waals surface area contributed by atoms with E-state index in [-0.39, 0.29) is 5.95 Å². The number of carbonyl (C=O) groups excluding carboxylic acids is 1. The predicted molar refractivity (Wildman–Crippen MR) is 48.9 cm³/mol. The normalized spacial score (nSPS) is 9.60. The van der Waals surface area contributed by atoms with E-state index >= 15 is 0 Å². The van der Waals surface area contributed by atoms with Gasteiger partial charge in [-0.3, -0.25) is 10.6 Å². The second-order valence-corrected chi connectivity index (χ2v) is 2.42. The molecule has 0 saturated heterocycles. The van der Waals surface area contributed by atoms with Crippen LogP contribution in [0, 0.1) is 0 Å². The molecule has 15 heavy (non-hydrogen) atoms. The molecule has 0 radical (unpaired) electrons. The van der Waals surface area contributed by atoms with Crippen LogP contribution in [0.4, 0.5) is 16.6 Å². The molecule has 0 aromatic carbocycles. The largest absolute Gasteiger partial charge is 0.327 e. The lowest BCUT2D eigenvalue weighted by atomic mass is 10.6. The smallest absolute Gasteiger partial charge is 0.292 e. The Morgan fingerprint density at radius 2 is 2.33 bits per heavy atom. The van der Waals surface area contributed by atoms with Gasteiger partial charge in [0.05, 0.1) is 0 Å². The summed E-state index contributed by atoms with van der Waals surface area (Å²) < 4.78 is 0. The van der Waals surface area contributed by atoms with E-state index in [1.165, 1.54) is 12.5 Å². The van der Waals surface area contributed by atoms with Crippen LogP contribution in [0.2, 0.25) is 0 Å². The summed E-state index contributed by atoms with van der Waals surface area (Å²) in [6, 6.07) is 1.06. The molecule has 0 unspecified atom stereocenters. The zero-order valence-corrected chi connectivity index (χ0v) is 7.38. The highest BCUT2D eigenvalue weighted by Crippen LogP contribution is 1.99. The molecule has 3 N–H and O–H groups in total. The standard InChI is InChI=1S/C6H6N8O/c15-6(10-5-11-13-14-12-5)9-4-1-2-7-3-8-4/h1-3H,(H3,7,8,9,10,11,12,13,14,15). The Kier molecular flexibility index (Phi) is 2.45. The topological polar surface area (TPSA) is 121 Å². The van der Waals surface area contributed by atoms with Gasteiger partial charge in [0.2, 0.25) is 5.95 Å². The summed E-state index contributed by atoms with van der Waals surface area (Å²) in [5, 5.41) is 17.3. The summed E-state index contributed by atoms with van der Waals surface area (Å²) in [6.07, 6.45) is 2.84. The molecule has 76 valence electrons. The van der Waals surface area contributed by atoms with E-state index in [1.54, 1.807) is 6.07 Å². The minimum atomic E-state index is -0.493. The lowest BCUT2D eigenvalue weighted by Gasteiger charge is -2.02. The van der Waals surface area contributed by atoms with E-state index in [0.29, 0.717) is 5.82 Å². The molecule has 2 rings (SSSR count). The second-order valence-electron chi connectivity index (χ2n) is 2.42. The predicted octanol–water partition coefficient (Wildman–Crippen LogP) is -0.366. The van der Waals surface area contributed by atoms with Crippen LogP contribution >= 0.6 is 0 Å². The molecule has 2 aromatic rings. The van der Waals surface area contributed by atoms with Crippen LogP contribution in [0.3, 0.4) is 0 Å². The number of carbonyl (C=O) groups is 1. The molecule has 0 aliphatic heterocycles.